The third-order valence-electron chi connectivity index (χ3n) is 3.74. The van der Waals surface area contributed by atoms with Crippen LogP contribution in [0.15, 0.2) is 70.9 Å². The predicted octanol–water partition coefficient (Wildman–Crippen LogP) is 5.11. The van der Waals surface area contributed by atoms with Crippen molar-refractivity contribution < 1.29 is 8.78 Å². The fraction of sp³-hybridized carbons (Fsp3) is 0.0500. The highest BCUT2D eigenvalue weighted by Gasteiger charge is 2.10. The lowest BCUT2D eigenvalue weighted by Crippen LogP contribution is -1.97. The molecule has 0 aliphatic heterocycles. The minimum atomic E-state index is -0.495. The molecule has 25 heavy (non-hydrogen) atoms. The first-order valence-corrected chi connectivity index (χ1v) is 7.60. The van der Waals surface area contributed by atoms with Gasteiger partial charge in [0, 0.05) is 23.5 Å². The van der Waals surface area contributed by atoms with Gasteiger partial charge in [0.2, 0.25) is 0 Å². The average Bonchev–Trinajstić information content (AvgIpc) is 2.64. The summed E-state index contributed by atoms with van der Waals surface area (Å²) in [5.41, 5.74) is 2.93. The lowest BCUT2D eigenvalue weighted by Gasteiger charge is -2.08. The number of pyridine rings is 1. The van der Waals surface area contributed by atoms with Gasteiger partial charge in [-0.1, -0.05) is 12.1 Å². The number of rotatable bonds is 3. The summed E-state index contributed by atoms with van der Waals surface area (Å²) in [6.45, 7) is 5.43. The number of nitrogens with zero attached hydrogens (tertiary/aromatic N) is 3. The van der Waals surface area contributed by atoms with E-state index in [0.717, 1.165) is 23.3 Å². The Kier molecular flexibility index (Phi) is 4.75. The molecule has 3 rings (SSSR count). The van der Waals surface area contributed by atoms with Gasteiger partial charge >= 0.3 is 0 Å². The summed E-state index contributed by atoms with van der Waals surface area (Å²) in [6, 6.07) is 12.2. The first-order valence-electron chi connectivity index (χ1n) is 7.60. The number of aryl methyl sites for hydroxylation is 1. The zero-order chi connectivity index (χ0) is 17.8. The summed E-state index contributed by atoms with van der Waals surface area (Å²) in [4.78, 5) is 12.5. The van der Waals surface area contributed by atoms with Crippen molar-refractivity contribution in [2.45, 2.75) is 6.92 Å². The van der Waals surface area contributed by atoms with Crippen molar-refractivity contribution in [3.8, 4) is 11.1 Å². The van der Waals surface area contributed by atoms with E-state index in [0.29, 0.717) is 17.1 Å². The molecular weight excluding hydrogens is 320 g/mol. The minimum Gasteiger partial charge on any atom is -0.264 e. The van der Waals surface area contributed by atoms with Gasteiger partial charge in [0.15, 0.2) is 5.84 Å². The molecule has 2 aromatic carbocycles. The second kappa shape index (κ2) is 7.13. The van der Waals surface area contributed by atoms with Crippen LogP contribution in [-0.4, -0.2) is 17.5 Å². The van der Waals surface area contributed by atoms with Gasteiger partial charge in [-0.3, -0.25) is 4.98 Å². The van der Waals surface area contributed by atoms with Crippen LogP contribution in [0.2, 0.25) is 0 Å². The zero-order valence-electron chi connectivity index (χ0n) is 13.6. The Morgan fingerprint density at radius 2 is 1.92 bits per heavy atom. The van der Waals surface area contributed by atoms with E-state index < -0.39 is 11.6 Å². The molecule has 0 radical (unpaired) electrons. The molecule has 3 nitrogen and oxygen atoms in total. The Bertz CT molecular complexity index is 950. The van der Waals surface area contributed by atoms with Crippen molar-refractivity contribution in [1.29, 1.82) is 0 Å². The number of benzene rings is 2. The van der Waals surface area contributed by atoms with Crippen molar-refractivity contribution in [1.82, 2.24) is 4.98 Å². The predicted molar refractivity (Wildman–Crippen MR) is 96.5 cm³/mol. The van der Waals surface area contributed by atoms with Crippen LogP contribution >= 0.6 is 0 Å². The molecule has 0 aliphatic rings. The molecule has 124 valence electrons. The molecule has 1 heterocycles. The van der Waals surface area contributed by atoms with E-state index in [2.05, 4.69) is 21.7 Å². The maximum absolute atomic E-state index is 14.0. The van der Waals surface area contributed by atoms with Crippen LogP contribution in [0.3, 0.4) is 0 Å². The molecule has 0 saturated carbocycles. The zero-order valence-corrected chi connectivity index (χ0v) is 13.6. The smallest absolute Gasteiger partial charge is 0.160 e. The van der Waals surface area contributed by atoms with Gasteiger partial charge < -0.3 is 0 Å². The van der Waals surface area contributed by atoms with Crippen molar-refractivity contribution in [2.75, 3.05) is 0 Å². The monoisotopic (exact) mass is 335 g/mol. The molecule has 0 amide bonds. The highest BCUT2D eigenvalue weighted by atomic mass is 19.1. The molecule has 3 aromatic rings. The normalized spacial score (nSPS) is 11.4. The first kappa shape index (κ1) is 16.6. The third-order valence-corrected chi connectivity index (χ3v) is 3.74. The van der Waals surface area contributed by atoms with E-state index in [1.807, 2.05) is 19.1 Å². The summed E-state index contributed by atoms with van der Waals surface area (Å²) < 4.78 is 27.5. The minimum absolute atomic E-state index is 0.186. The van der Waals surface area contributed by atoms with Crippen LogP contribution in [0.5, 0.6) is 0 Å². The summed E-state index contributed by atoms with van der Waals surface area (Å²) >= 11 is 0. The van der Waals surface area contributed by atoms with Crippen molar-refractivity contribution in [3.63, 3.8) is 0 Å². The number of halogens is 2. The molecular formula is C20H15F2N3. The van der Waals surface area contributed by atoms with Gasteiger partial charge in [0.1, 0.15) is 11.6 Å². The average molecular weight is 335 g/mol. The van der Waals surface area contributed by atoms with Crippen LogP contribution in [0.25, 0.3) is 11.1 Å². The van der Waals surface area contributed by atoms with Crippen LogP contribution in [0.4, 0.5) is 14.5 Å². The Balaban J connectivity index is 2.10. The van der Waals surface area contributed by atoms with Gasteiger partial charge in [0.25, 0.3) is 0 Å². The van der Waals surface area contributed by atoms with Gasteiger partial charge in [-0.25, -0.2) is 18.8 Å². The van der Waals surface area contributed by atoms with E-state index in [1.54, 1.807) is 30.6 Å². The number of aliphatic imine (C=N–C) groups is 2. The molecule has 0 fully saturated rings. The third kappa shape index (κ3) is 3.66. The van der Waals surface area contributed by atoms with Crippen LogP contribution in [0, 0.1) is 18.6 Å². The molecule has 5 heteroatoms. The number of amidine groups is 1. The van der Waals surface area contributed by atoms with Crippen LogP contribution in [0.1, 0.15) is 11.1 Å². The SMILES string of the molecule is C=NC(=Nc1cc(-c2cc(F)ccc2F)ccc1C)c1cccnc1. The Morgan fingerprint density at radius 3 is 2.64 bits per heavy atom. The van der Waals surface area contributed by atoms with Gasteiger partial charge in [-0.2, -0.15) is 0 Å². The topological polar surface area (TPSA) is 37.6 Å². The van der Waals surface area contributed by atoms with E-state index in [1.165, 1.54) is 6.07 Å². The van der Waals surface area contributed by atoms with Crippen molar-refractivity contribution >= 4 is 18.2 Å². The van der Waals surface area contributed by atoms with Crippen molar-refractivity contribution in [3.05, 3.63) is 83.7 Å². The lowest BCUT2D eigenvalue weighted by molar-refractivity contribution is 0.603. The number of hydrogen-bond acceptors (Lipinski definition) is 2. The quantitative estimate of drug-likeness (QED) is 0.484. The summed E-state index contributed by atoms with van der Waals surface area (Å²) in [7, 11) is 0. The fourth-order valence-electron chi connectivity index (χ4n) is 2.42. The molecule has 0 N–H and O–H groups in total. The van der Waals surface area contributed by atoms with Gasteiger partial charge in [-0.15, -0.1) is 0 Å². The molecule has 0 unspecified atom stereocenters. The van der Waals surface area contributed by atoms with Gasteiger partial charge in [-0.05, 0) is 61.2 Å². The Morgan fingerprint density at radius 1 is 1.08 bits per heavy atom. The summed E-state index contributed by atoms with van der Waals surface area (Å²) in [6.07, 6.45) is 3.29. The highest BCUT2D eigenvalue weighted by Crippen LogP contribution is 2.30. The second-order valence-electron chi connectivity index (χ2n) is 5.46. The maximum atomic E-state index is 14.0. The molecule has 0 bridgehead atoms. The largest absolute Gasteiger partial charge is 0.264 e. The summed E-state index contributed by atoms with van der Waals surface area (Å²) in [5.74, 6) is -0.576. The lowest BCUT2D eigenvalue weighted by atomic mass is 10.0. The second-order valence-corrected chi connectivity index (χ2v) is 5.46. The van der Waals surface area contributed by atoms with E-state index in [9.17, 15) is 8.78 Å². The van der Waals surface area contributed by atoms with E-state index >= 15 is 0 Å². The van der Waals surface area contributed by atoms with E-state index in [-0.39, 0.29) is 5.56 Å². The molecule has 0 spiro atoms. The Hall–Kier alpha value is -3.21. The highest BCUT2D eigenvalue weighted by molar-refractivity contribution is 6.02. The van der Waals surface area contributed by atoms with Crippen LogP contribution < -0.4 is 0 Å². The molecule has 0 saturated heterocycles. The first-order chi connectivity index (χ1) is 12.1. The standard InChI is InChI=1S/C20H15F2N3/c1-13-5-6-14(17-11-16(21)7-8-18(17)22)10-19(13)25-20(23-2)15-4-3-9-24-12-15/h3-12H,2H2,1H3. The fourth-order valence-corrected chi connectivity index (χ4v) is 2.42. The number of aromatic nitrogens is 1. The number of hydrogen-bond donors (Lipinski definition) is 0. The maximum Gasteiger partial charge on any atom is 0.160 e. The molecule has 0 aliphatic carbocycles. The summed E-state index contributed by atoms with van der Waals surface area (Å²) in [5, 5.41) is 0. The molecule has 1 aromatic heterocycles. The van der Waals surface area contributed by atoms with Gasteiger partial charge in [0.05, 0.1) is 5.69 Å². The van der Waals surface area contributed by atoms with E-state index in [4.69, 9.17) is 0 Å². The van der Waals surface area contributed by atoms with Crippen molar-refractivity contribution in [2.24, 2.45) is 9.98 Å². The van der Waals surface area contributed by atoms with Crippen LogP contribution in [-0.2, 0) is 0 Å². The Labute approximate surface area is 144 Å². The molecule has 0 atom stereocenters.